The van der Waals surface area contributed by atoms with Crippen LogP contribution >= 0.6 is 0 Å². The molecule has 1 rings (SSSR count). The molecular formula is C13H17N3O3. The van der Waals surface area contributed by atoms with Crippen molar-refractivity contribution in [2.45, 2.75) is 46.1 Å². The number of aryl methyl sites for hydroxylation is 1. The van der Waals surface area contributed by atoms with Gasteiger partial charge in [-0.1, -0.05) is 20.3 Å². The van der Waals surface area contributed by atoms with Crippen molar-refractivity contribution in [3.63, 3.8) is 0 Å². The maximum atomic E-state index is 10.8. The first kappa shape index (κ1) is 14.9. The maximum Gasteiger partial charge on any atom is 0.292 e. The summed E-state index contributed by atoms with van der Waals surface area (Å²) in [5.74, 6) is 0.186. The fraction of sp³-hybridized carbons (Fsp3) is 0.538. The molecule has 0 amide bonds. The lowest BCUT2D eigenvalue weighted by molar-refractivity contribution is -0.385. The molecule has 0 aliphatic heterocycles. The first-order chi connectivity index (χ1) is 9.03. The van der Waals surface area contributed by atoms with Crippen molar-refractivity contribution in [3.8, 4) is 11.9 Å². The van der Waals surface area contributed by atoms with Crippen LogP contribution in [-0.4, -0.2) is 16.0 Å². The molecule has 19 heavy (non-hydrogen) atoms. The number of ether oxygens (including phenoxy) is 1. The second kappa shape index (κ2) is 6.69. The third kappa shape index (κ3) is 3.65. The van der Waals surface area contributed by atoms with Crippen molar-refractivity contribution in [1.82, 2.24) is 4.98 Å². The molecule has 0 radical (unpaired) electrons. The Labute approximate surface area is 112 Å². The zero-order valence-corrected chi connectivity index (χ0v) is 11.3. The Morgan fingerprint density at radius 3 is 2.74 bits per heavy atom. The summed E-state index contributed by atoms with van der Waals surface area (Å²) in [4.78, 5) is 14.3. The smallest absolute Gasteiger partial charge is 0.292 e. The van der Waals surface area contributed by atoms with Gasteiger partial charge in [0.1, 0.15) is 23.4 Å². The van der Waals surface area contributed by atoms with Crippen molar-refractivity contribution in [1.29, 1.82) is 5.26 Å². The van der Waals surface area contributed by atoms with Crippen LogP contribution < -0.4 is 4.74 Å². The number of hydrogen-bond donors (Lipinski definition) is 0. The molecule has 0 bridgehead atoms. The number of nitriles is 1. The first-order valence-electron chi connectivity index (χ1n) is 6.26. The van der Waals surface area contributed by atoms with E-state index in [4.69, 9.17) is 10.00 Å². The van der Waals surface area contributed by atoms with Gasteiger partial charge in [-0.05, 0) is 19.8 Å². The molecule has 6 nitrogen and oxygen atoms in total. The standard InChI is InChI=1S/C13H17N3O3/c1-4-6-11(5-2)19-13-10(8-14)7-12(16(17)18)9(3)15-13/h7,11H,4-6H2,1-3H3. The van der Waals surface area contributed by atoms with Crippen LogP contribution in [0, 0.1) is 28.4 Å². The van der Waals surface area contributed by atoms with E-state index in [1.165, 1.54) is 13.0 Å². The van der Waals surface area contributed by atoms with Crippen LogP contribution in [0.15, 0.2) is 6.07 Å². The van der Waals surface area contributed by atoms with Crippen molar-refractivity contribution in [3.05, 3.63) is 27.4 Å². The topological polar surface area (TPSA) is 89.1 Å². The average molecular weight is 263 g/mol. The predicted molar refractivity (Wildman–Crippen MR) is 70.0 cm³/mol. The van der Waals surface area contributed by atoms with Crippen molar-refractivity contribution in [2.24, 2.45) is 0 Å². The van der Waals surface area contributed by atoms with Crippen LogP contribution in [0.1, 0.15) is 44.4 Å². The first-order valence-corrected chi connectivity index (χ1v) is 6.26. The fourth-order valence-electron chi connectivity index (χ4n) is 1.75. The van der Waals surface area contributed by atoms with Gasteiger partial charge >= 0.3 is 0 Å². The van der Waals surface area contributed by atoms with Crippen LogP contribution in [0.4, 0.5) is 5.69 Å². The monoisotopic (exact) mass is 263 g/mol. The Bertz CT molecular complexity index is 509. The number of hydrogen-bond acceptors (Lipinski definition) is 5. The average Bonchev–Trinajstić information content (AvgIpc) is 2.38. The Balaban J connectivity index is 3.11. The Morgan fingerprint density at radius 1 is 1.58 bits per heavy atom. The van der Waals surface area contributed by atoms with Gasteiger partial charge in [-0.2, -0.15) is 5.26 Å². The summed E-state index contributed by atoms with van der Waals surface area (Å²) in [6.07, 6.45) is 2.60. The molecule has 102 valence electrons. The highest BCUT2D eigenvalue weighted by atomic mass is 16.6. The minimum Gasteiger partial charge on any atom is -0.473 e. The highest BCUT2D eigenvalue weighted by molar-refractivity contribution is 5.48. The van der Waals surface area contributed by atoms with E-state index in [1.807, 2.05) is 19.9 Å². The third-order valence-corrected chi connectivity index (χ3v) is 2.81. The summed E-state index contributed by atoms with van der Waals surface area (Å²) in [6.45, 7) is 5.57. The summed E-state index contributed by atoms with van der Waals surface area (Å²) in [5.41, 5.74) is 0.199. The Hall–Kier alpha value is -2.16. The van der Waals surface area contributed by atoms with E-state index in [-0.39, 0.29) is 28.9 Å². The second-order valence-electron chi connectivity index (χ2n) is 4.25. The summed E-state index contributed by atoms with van der Waals surface area (Å²) in [7, 11) is 0. The highest BCUT2D eigenvalue weighted by Crippen LogP contribution is 2.25. The lowest BCUT2D eigenvalue weighted by atomic mass is 10.1. The van der Waals surface area contributed by atoms with Gasteiger partial charge in [0, 0.05) is 6.07 Å². The number of aromatic nitrogens is 1. The van der Waals surface area contributed by atoms with E-state index in [9.17, 15) is 10.1 Å². The molecule has 0 saturated carbocycles. The Morgan fingerprint density at radius 2 is 2.26 bits per heavy atom. The summed E-state index contributed by atoms with van der Waals surface area (Å²) >= 11 is 0. The molecule has 0 aliphatic rings. The van der Waals surface area contributed by atoms with Crippen LogP contribution in [0.2, 0.25) is 0 Å². The number of rotatable bonds is 6. The molecular weight excluding hydrogens is 246 g/mol. The zero-order chi connectivity index (χ0) is 14.4. The van der Waals surface area contributed by atoms with E-state index in [0.29, 0.717) is 0 Å². The van der Waals surface area contributed by atoms with E-state index in [1.54, 1.807) is 0 Å². The number of nitro groups is 1. The van der Waals surface area contributed by atoms with E-state index in [0.717, 1.165) is 19.3 Å². The van der Waals surface area contributed by atoms with Gasteiger partial charge < -0.3 is 4.74 Å². The second-order valence-corrected chi connectivity index (χ2v) is 4.25. The van der Waals surface area contributed by atoms with E-state index >= 15 is 0 Å². The van der Waals surface area contributed by atoms with Crippen molar-refractivity contribution in [2.75, 3.05) is 0 Å². The summed E-state index contributed by atoms with van der Waals surface area (Å²) < 4.78 is 5.69. The number of pyridine rings is 1. The third-order valence-electron chi connectivity index (χ3n) is 2.81. The molecule has 0 saturated heterocycles. The molecule has 1 unspecified atom stereocenters. The van der Waals surface area contributed by atoms with Crippen LogP contribution in [0.5, 0.6) is 5.88 Å². The molecule has 0 spiro atoms. The van der Waals surface area contributed by atoms with Gasteiger partial charge in [0.05, 0.1) is 4.92 Å². The largest absolute Gasteiger partial charge is 0.473 e. The van der Waals surface area contributed by atoms with Crippen molar-refractivity contribution >= 4 is 5.69 Å². The minimum atomic E-state index is -0.545. The minimum absolute atomic E-state index is 0.0227. The molecule has 0 N–H and O–H groups in total. The SMILES string of the molecule is CCCC(CC)Oc1nc(C)c([N+](=O)[O-])cc1C#N. The van der Waals surface area contributed by atoms with Gasteiger partial charge in [-0.3, -0.25) is 10.1 Å². The predicted octanol–water partition coefficient (Wildman–Crippen LogP) is 3.13. The van der Waals surface area contributed by atoms with Crippen LogP contribution in [0.3, 0.4) is 0 Å². The molecule has 0 aromatic carbocycles. The number of nitrogens with zero attached hydrogens (tertiary/aromatic N) is 3. The zero-order valence-electron chi connectivity index (χ0n) is 11.3. The molecule has 1 aromatic heterocycles. The van der Waals surface area contributed by atoms with E-state index in [2.05, 4.69) is 4.98 Å². The maximum absolute atomic E-state index is 10.8. The van der Waals surface area contributed by atoms with Gasteiger partial charge in [0.2, 0.25) is 5.88 Å². The van der Waals surface area contributed by atoms with Crippen LogP contribution in [-0.2, 0) is 0 Å². The van der Waals surface area contributed by atoms with E-state index < -0.39 is 4.92 Å². The Kier molecular flexibility index (Phi) is 5.24. The normalized spacial score (nSPS) is 11.7. The van der Waals surface area contributed by atoms with Gasteiger partial charge in [0.25, 0.3) is 5.69 Å². The fourth-order valence-corrected chi connectivity index (χ4v) is 1.75. The quantitative estimate of drug-likeness (QED) is 0.581. The lowest BCUT2D eigenvalue weighted by Crippen LogP contribution is -2.16. The molecule has 6 heteroatoms. The van der Waals surface area contributed by atoms with Crippen molar-refractivity contribution < 1.29 is 9.66 Å². The highest BCUT2D eigenvalue weighted by Gasteiger charge is 2.19. The molecule has 1 heterocycles. The molecule has 1 atom stereocenters. The van der Waals surface area contributed by atoms with Gasteiger partial charge in [-0.15, -0.1) is 0 Å². The lowest BCUT2D eigenvalue weighted by Gasteiger charge is -2.16. The summed E-state index contributed by atoms with van der Waals surface area (Å²) in [6, 6.07) is 3.12. The van der Waals surface area contributed by atoms with Gasteiger partial charge in [-0.25, -0.2) is 4.98 Å². The van der Waals surface area contributed by atoms with Gasteiger partial charge in [0.15, 0.2) is 0 Å². The van der Waals surface area contributed by atoms with Crippen LogP contribution in [0.25, 0.3) is 0 Å². The molecule has 1 aromatic rings. The summed E-state index contributed by atoms with van der Waals surface area (Å²) in [5, 5.41) is 19.8. The molecule has 0 fully saturated rings. The molecule has 0 aliphatic carbocycles.